The van der Waals surface area contributed by atoms with E-state index in [1.807, 2.05) is 31.3 Å². The van der Waals surface area contributed by atoms with Crippen molar-refractivity contribution in [1.82, 2.24) is 9.88 Å². The second kappa shape index (κ2) is 10.8. The standard InChI is InChI=1S/C23H27N5O2.CH4O/c1-2-30-20-9-8-15(12-18(20)24)23(29)27-22(25)17-6-5-7-19-21(17)16(13-26-19)14-28-10-3-4-11-28;1-2/h5-9,12-13,26H,2-4,10-11,14,24H2,1H3,(H2,25,27,29);2H,1H3. The molecule has 1 aromatic heterocycles. The Morgan fingerprint density at radius 1 is 1.22 bits per heavy atom. The van der Waals surface area contributed by atoms with Crippen LogP contribution in [0.15, 0.2) is 47.6 Å². The maximum Gasteiger partial charge on any atom is 0.279 e. The lowest BCUT2D eigenvalue weighted by atomic mass is 10.0. The number of amides is 1. The highest BCUT2D eigenvalue weighted by molar-refractivity contribution is 6.15. The molecule has 4 rings (SSSR count). The van der Waals surface area contributed by atoms with Gasteiger partial charge in [0.1, 0.15) is 11.6 Å². The molecule has 3 aromatic rings. The number of carbonyl (C=O) groups is 1. The Kier molecular flexibility index (Phi) is 7.86. The van der Waals surface area contributed by atoms with Crippen LogP contribution in [0.1, 0.15) is 41.3 Å². The number of nitrogens with two attached hydrogens (primary N) is 2. The molecule has 0 aliphatic carbocycles. The molecule has 0 radical (unpaired) electrons. The minimum atomic E-state index is -0.434. The Bertz CT molecular complexity index is 1100. The molecule has 1 amide bonds. The number of nitrogens with zero attached hydrogens (tertiary/aromatic N) is 2. The molecule has 2 aromatic carbocycles. The van der Waals surface area contributed by atoms with Gasteiger partial charge in [0, 0.05) is 41.9 Å². The molecule has 0 saturated carbocycles. The molecule has 8 heteroatoms. The number of aliphatic hydroxyl groups is 1. The second-order valence-corrected chi connectivity index (χ2v) is 7.51. The van der Waals surface area contributed by atoms with E-state index >= 15 is 0 Å². The summed E-state index contributed by atoms with van der Waals surface area (Å²) < 4.78 is 5.42. The van der Waals surface area contributed by atoms with Gasteiger partial charge in [0.15, 0.2) is 0 Å². The zero-order valence-electron chi connectivity index (χ0n) is 18.6. The summed E-state index contributed by atoms with van der Waals surface area (Å²) in [4.78, 5) is 22.6. The van der Waals surface area contributed by atoms with Crippen LogP contribution >= 0.6 is 0 Å². The van der Waals surface area contributed by atoms with Crippen molar-refractivity contribution < 1.29 is 14.6 Å². The largest absolute Gasteiger partial charge is 0.492 e. The van der Waals surface area contributed by atoms with Gasteiger partial charge in [-0.15, -0.1) is 0 Å². The van der Waals surface area contributed by atoms with Crippen LogP contribution in [0.3, 0.4) is 0 Å². The van der Waals surface area contributed by atoms with Gasteiger partial charge in [0.05, 0.1) is 12.3 Å². The SMILES string of the molecule is CCOc1ccc(C(=O)N=C(N)c2cccc3[nH]cc(CN4CCCC4)c23)cc1N.CO. The third-order valence-electron chi connectivity index (χ3n) is 5.43. The van der Waals surface area contributed by atoms with Crippen molar-refractivity contribution in [2.75, 3.05) is 32.5 Å². The van der Waals surface area contributed by atoms with Gasteiger partial charge in [-0.25, -0.2) is 0 Å². The number of aromatic nitrogens is 1. The van der Waals surface area contributed by atoms with Crippen molar-refractivity contribution in [3.8, 4) is 5.75 Å². The van der Waals surface area contributed by atoms with Gasteiger partial charge in [-0.3, -0.25) is 9.69 Å². The summed E-state index contributed by atoms with van der Waals surface area (Å²) in [6.07, 6.45) is 4.49. The number of hydrogen-bond donors (Lipinski definition) is 4. The minimum Gasteiger partial charge on any atom is -0.492 e. The van der Waals surface area contributed by atoms with Gasteiger partial charge < -0.3 is 26.3 Å². The summed E-state index contributed by atoms with van der Waals surface area (Å²) in [5.74, 6) is 0.311. The number of likely N-dealkylation sites (tertiary alicyclic amines) is 1. The molecule has 0 unspecified atom stereocenters. The maximum absolute atomic E-state index is 12.7. The van der Waals surface area contributed by atoms with Crippen LogP contribution in [0.4, 0.5) is 5.69 Å². The second-order valence-electron chi connectivity index (χ2n) is 7.51. The fourth-order valence-electron chi connectivity index (χ4n) is 3.98. The first-order valence-corrected chi connectivity index (χ1v) is 10.7. The van der Waals surface area contributed by atoms with Crippen molar-refractivity contribution in [2.45, 2.75) is 26.3 Å². The molecule has 6 N–H and O–H groups in total. The van der Waals surface area contributed by atoms with Gasteiger partial charge in [-0.2, -0.15) is 4.99 Å². The van der Waals surface area contributed by atoms with E-state index in [1.165, 1.54) is 18.4 Å². The van der Waals surface area contributed by atoms with Crippen molar-refractivity contribution in [3.63, 3.8) is 0 Å². The summed E-state index contributed by atoms with van der Waals surface area (Å²) in [5, 5.41) is 8.02. The quantitative estimate of drug-likeness (QED) is 0.266. The molecule has 2 heterocycles. The van der Waals surface area contributed by atoms with E-state index in [4.69, 9.17) is 21.3 Å². The zero-order valence-corrected chi connectivity index (χ0v) is 18.6. The van der Waals surface area contributed by atoms with Crippen LogP contribution in [0.5, 0.6) is 5.75 Å². The number of hydrogen-bond acceptors (Lipinski definition) is 5. The maximum atomic E-state index is 12.7. The van der Waals surface area contributed by atoms with Gasteiger partial charge in [0.25, 0.3) is 5.91 Å². The Morgan fingerprint density at radius 2 is 1.97 bits per heavy atom. The van der Waals surface area contributed by atoms with E-state index in [9.17, 15) is 4.79 Å². The topological polar surface area (TPSA) is 130 Å². The summed E-state index contributed by atoms with van der Waals surface area (Å²) >= 11 is 0. The van der Waals surface area contributed by atoms with Crippen LogP contribution in [-0.4, -0.2) is 53.5 Å². The van der Waals surface area contributed by atoms with E-state index in [2.05, 4.69) is 14.9 Å². The van der Waals surface area contributed by atoms with Gasteiger partial charge in [-0.05, 0) is 62.7 Å². The molecule has 0 bridgehead atoms. The van der Waals surface area contributed by atoms with Crippen molar-refractivity contribution in [3.05, 3.63) is 59.3 Å². The summed E-state index contributed by atoms with van der Waals surface area (Å²) in [6.45, 7) is 5.45. The van der Waals surface area contributed by atoms with Crippen LogP contribution in [0.25, 0.3) is 10.9 Å². The summed E-state index contributed by atoms with van der Waals surface area (Å²) in [5.41, 5.74) is 16.0. The lowest BCUT2D eigenvalue weighted by Gasteiger charge is -2.14. The van der Waals surface area contributed by atoms with Crippen molar-refractivity contribution >= 4 is 28.3 Å². The Balaban J connectivity index is 0.00000141. The number of aliphatic hydroxyl groups excluding tert-OH is 1. The number of benzene rings is 2. The molecule has 0 spiro atoms. The average Bonchev–Trinajstić information content (AvgIpc) is 3.47. The number of aromatic amines is 1. The van der Waals surface area contributed by atoms with Crippen molar-refractivity contribution in [2.24, 2.45) is 10.7 Å². The zero-order chi connectivity index (χ0) is 23.1. The average molecular weight is 438 g/mol. The molecular weight excluding hydrogens is 406 g/mol. The number of nitrogen functional groups attached to an aromatic ring is 1. The lowest BCUT2D eigenvalue weighted by molar-refractivity contribution is 0.100. The molecular formula is C24H31N5O3. The number of carbonyl (C=O) groups excluding carboxylic acids is 1. The van der Waals surface area contributed by atoms with E-state index in [0.717, 1.165) is 43.2 Å². The van der Waals surface area contributed by atoms with Crippen LogP contribution in [0, 0.1) is 0 Å². The molecule has 1 aliphatic rings. The molecule has 1 saturated heterocycles. The highest BCUT2D eigenvalue weighted by Gasteiger charge is 2.17. The number of aliphatic imine (C=N–C) groups is 1. The number of ether oxygens (including phenoxy) is 1. The highest BCUT2D eigenvalue weighted by atomic mass is 16.5. The first kappa shape index (κ1) is 23.3. The normalized spacial score (nSPS) is 14.3. The molecule has 1 fully saturated rings. The molecule has 8 nitrogen and oxygen atoms in total. The smallest absolute Gasteiger partial charge is 0.279 e. The third kappa shape index (κ3) is 5.09. The fourth-order valence-corrected chi connectivity index (χ4v) is 3.98. The molecule has 1 aliphatic heterocycles. The first-order chi connectivity index (χ1) is 15.6. The number of anilines is 1. The first-order valence-electron chi connectivity index (χ1n) is 10.7. The van der Waals surface area contributed by atoms with Crippen molar-refractivity contribution in [1.29, 1.82) is 0 Å². The number of rotatable bonds is 6. The Hall–Kier alpha value is -3.36. The third-order valence-corrected chi connectivity index (χ3v) is 5.43. The Morgan fingerprint density at radius 3 is 2.66 bits per heavy atom. The van der Waals surface area contributed by atoms with Gasteiger partial charge in [-0.1, -0.05) is 12.1 Å². The fraction of sp³-hybridized carbons (Fsp3) is 0.333. The lowest BCUT2D eigenvalue weighted by Crippen LogP contribution is -2.19. The number of amidine groups is 1. The van der Waals surface area contributed by atoms with E-state index in [-0.39, 0.29) is 5.84 Å². The van der Waals surface area contributed by atoms with E-state index in [0.29, 0.717) is 23.6 Å². The van der Waals surface area contributed by atoms with Gasteiger partial charge >= 0.3 is 0 Å². The van der Waals surface area contributed by atoms with Gasteiger partial charge in [0.2, 0.25) is 0 Å². The molecule has 0 atom stereocenters. The molecule has 170 valence electrons. The highest BCUT2D eigenvalue weighted by Crippen LogP contribution is 2.26. The summed E-state index contributed by atoms with van der Waals surface area (Å²) in [7, 11) is 1.00. The van der Waals surface area contributed by atoms with Crippen LogP contribution in [0.2, 0.25) is 0 Å². The monoisotopic (exact) mass is 437 g/mol. The number of fused-ring (bicyclic) bond motifs is 1. The minimum absolute atomic E-state index is 0.195. The van der Waals surface area contributed by atoms with Crippen LogP contribution in [-0.2, 0) is 6.54 Å². The predicted octanol–water partition coefficient (Wildman–Crippen LogP) is 2.90. The van der Waals surface area contributed by atoms with E-state index < -0.39 is 5.91 Å². The predicted molar refractivity (Wildman–Crippen MR) is 128 cm³/mol. The van der Waals surface area contributed by atoms with Crippen LogP contribution < -0.4 is 16.2 Å². The van der Waals surface area contributed by atoms with E-state index in [1.54, 1.807) is 18.2 Å². The Labute approximate surface area is 187 Å². The summed E-state index contributed by atoms with van der Waals surface area (Å²) in [6, 6.07) is 10.7. The number of H-pyrrole nitrogens is 1. The number of nitrogens with one attached hydrogen (secondary N) is 1. The molecule has 32 heavy (non-hydrogen) atoms.